The van der Waals surface area contributed by atoms with Gasteiger partial charge in [0.15, 0.2) is 5.13 Å². The Hall–Kier alpha value is -3.08. The molecule has 1 N–H and O–H groups in total. The van der Waals surface area contributed by atoms with Crippen molar-refractivity contribution in [3.05, 3.63) is 64.5 Å². The van der Waals surface area contributed by atoms with Gasteiger partial charge in [-0.1, -0.05) is 36.5 Å². The first kappa shape index (κ1) is 20.2. The van der Waals surface area contributed by atoms with Gasteiger partial charge in [0.1, 0.15) is 11.1 Å². The van der Waals surface area contributed by atoms with Crippen LogP contribution in [0, 0.1) is 0 Å². The molecular formula is C20H17N3O5S2. The minimum absolute atomic E-state index is 0.138. The van der Waals surface area contributed by atoms with Crippen LogP contribution < -0.4 is 10.9 Å². The fraction of sp³-hybridized carbons (Fsp3) is 0.150. The molecule has 154 valence electrons. The Labute approximate surface area is 175 Å². The summed E-state index contributed by atoms with van der Waals surface area (Å²) in [6, 6.07) is 13.0. The Balaban J connectivity index is 1.65. The lowest BCUT2D eigenvalue weighted by Crippen LogP contribution is -2.26. The highest BCUT2D eigenvalue weighted by molar-refractivity contribution is 7.89. The molecule has 0 saturated heterocycles. The third-order valence-electron chi connectivity index (χ3n) is 4.62. The molecule has 4 rings (SSSR count). The molecule has 8 nitrogen and oxygen atoms in total. The summed E-state index contributed by atoms with van der Waals surface area (Å²) in [4.78, 5) is 29.2. The van der Waals surface area contributed by atoms with Crippen molar-refractivity contribution >= 4 is 53.6 Å². The van der Waals surface area contributed by atoms with Crippen molar-refractivity contribution in [3.8, 4) is 0 Å². The van der Waals surface area contributed by atoms with Gasteiger partial charge in [-0.25, -0.2) is 22.5 Å². The number of rotatable bonds is 5. The predicted octanol–water partition coefficient (Wildman–Crippen LogP) is 3.30. The number of hydrogen-bond acceptors (Lipinski definition) is 7. The van der Waals surface area contributed by atoms with E-state index in [0.717, 1.165) is 11.3 Å². The van der Waals surface area contributed by atoms with Gasteiger partial charge in [0.2, 0.25) is 10.0 Å². The summed E-state index contributed by atoms with van der Waals surface area (Å²) >= 11 is 1.12. The molecule has 30 heavy (non-hydrogen) atoms. The minimum Gasteiger partial charge on any atom is -0.422 e. The average molecular weight is 444 g/mol. The summed E-state index contributed by atoms with van der Waals surface area (Å²) in [5.41, 5.74) is 0.0489. The van der Waals surface area contributed by atoms with Gasteiger partial charge in [0, 0.05) is 19.0 Å². The molecule has 0 spiro atoms. The van der Waals surface area contributed by atoms with Crippen molar-refractivity contribution < 1.29 is 17.6 Å². The molecule has 10 heteroatoms. The van der Waals surface area contributed by atoms with Crippen molar-refractivity contribution in [2.45, 2.75) is 11.8 Å². The van der Waals surface area contributed by atoms with E-state index in [1.807, 2.05) is 0 Å². The van der Waals surface area contributed by atoms with Crippen LogP contribution in [0.1, 0.15) is 17.3 Å². The maximum atomic E-state index is 12.6. The van der Waals surface area contributed by atoms with Gasteiger partial charge >= 0.3 is 5.63 Å². The molecule has 0 aliphatic carbocycles. The zero-order chi connectivity index (χ0) is 21.5. The standard InChI is InChI=1S/C20H17N3O5S2/c1-3-23(2)30(26,27)13-8-9-15-17(11-13)29-20(21-15)22-18(24)14-10-12-6-4-5-7-16(12)28-19(14)25/h4-11H,3H2,1-2H3,(H,21,22,24). The quantitative estimate of drug-likeness (QED) is 0.474. The Bertz CT molecular complexity index is 1440. The minimum atomic E-state index is -3.59. The fourth-order valence-electron chi connectivity index (χ4n) is 2.85. The second kappa shape index (κ2) is 7.63. The second-order valence-corrected chi connectivity index (χ2v) is 9.58. The molecule has 0 aliphatic rings. The first-order valence-corrected chi connectivity index (χ1v) is 11.3. The lowest BCUT2D eigenvalue weighted by Gasteiger charge is -2.14. The number of nitrogens with zero attached hydrogens (tertiary/aromatic N) is 2. The highest BCUT2D eigenvalue weighted by Crippen LogP contribution is 2.29. The first-order chi connectivity index (χ1) is 14.3. The van der Waals surface area contributed by atoms with E-state index >= 15 is 0 Å². The maximum absolute atomic E-state index is 12.6. The van der Waals surface area contributed by atoms with Crippen molar-refractivity contribution in [1.82, 2.24) is 9.29 Å². The van der Waals surface area contributed by atoms with Gasteiger partial charge in [-0.15, -0.1) is 0 Å². The number of sulfonamides is 1. The number of benzene rings is 2. The van der Waals surface area contributed by atoms with Crippen LogP contribution in [0.4, 0.5) is 5.13 Å². The topological polar surface area (TPSA) is 110 Å². The van der Waals surface area contributed by atoms with Crippen LogP contribution >= 0.6 is 11.3 Å². The van der Waals surface area contributed by atoms with Crippen LogP contribution in [0.3, 0.4) is 0 Å². The zero-order valence-corrected chi connectivity index (χ0v) is 17.7. The fourth-order valence-corrected chi connectivity index (χ4v) is 5.03. The third-order valence-corrected chi connectivity index (χ3v) is 7.48. The van der Waals surface area contributed by atoms with Crippen LogP contribution in [-0.4, -0.2) is 37.2 Å². The van der Waals surface area contributed by atoms with E-state index in [0.29, 0.717) is 27.7 Å². The lowest BCUT2D eigenvalue weighted by molar-refractivity contribution is 0.102. The molecule has 0 unspecified atom stereocenters. The van der Waals surface area contributed by atoms with Crippen LogP contribution in [0.5, 0.6) is 0 Å². The second-order valence-electron chi connectivity index (χ2n) is 6.51. The monoisotopic (exact) mass is 443 g/mol. The van der Waals surface area contributed by atoms with Crippen LogP contribution in [-0.2, 0) is 10.0 Å². The number of hydrogen-bond donors (Lipinski definition) is 1. The van der Waals surface area contributed by atoms with E-state index in [1.54, 1.807) is 37.3 Å². The van der Waals surface area contributed by atoms with Crippen LogP contribution in [0.25, 0.3) is 21.2 Å². The number of carbonyl (C=O) groups excluding carboxylic acids is 1. The van der Waals surface area contributed by atoms with Gasteiger partial charge in [0.05, 0.1) is 15.1 Å². The van der Waals surface area contributed by atoms with Gasteiger partial charge in [0.25, 0.3) is 5.91 Å². The number of amides is 1. The molecule has 0 bridgehead atoms. The number of nitrogens with one attached hydrogen (secondary N) is 1. The largest absolute Gasteiger partial charge is 0.422 e. The molecule has 2 heterocycles. The molecule has 4 aromatic rings. The van der Waals surface area contributed by atoms with E-state index in [4.69, 9.17) is 4.42 Å². The summed E-state index contributed by atoms with van der Waals surface area (Å²) in [5.74, 6) is -0.646. The summed E-state index contributed by atoms with van der Waals surface area (Å²) in [7, 11) is -2.09. The highest BCUT2D eigenvalue weighted by atomic mass is 32.2. The number of fused-ring (bicyclic) bond motifs is 2. The summed E-state index contributed by atoms with van der Waals surface area (Å²) in [5, 5.41) is 3.47. The molecule has 1 amide bonds. The molecule has 0 atom stereocenters. The smallest absolute Gasteiger partial charge is 0.349 e. The summed E-state index contributed by atoms with van der Waals surface area (Å²) in [6.07, 6.45) is 0. The van der Waals surface area contributed by atoms with E-state index in [1.165, 1.54) is 29.6 Å². The molecule has 0 fully saturated rings. The van der Waals surface area contributed by atoms with Crippen molar-refractivity contribution in [2.24, 2.45) is 0 Å². The Morgan fingerprint density at radius 2 is 1.97 bits per heavy atom. The molecule has 0 radical (unpaired) electrons. The normalized spacial score (nSPS) is 12.0. The molecular weight excluding hydrogens is 426 g/mol. The van der Waals surface area contributed by atoms with E-state index in [2.05, 4.69) is 10.3 Å². The van der Waals surface area contributed by atoms with Crippen molar-refractivity contribution in [1.29, 1.82) is 0 Å². The summed E-state index contributed by atoms with van der Waals surface area (Å²) in [6.45, 7) is 2.10. The predicted molar refractivity (Wildman–Crippen MR) is 116 cm³/mol. The molecule has 0 saturated carbocycles. The van der Waals surface area contributed by atoms with E-state index < -0.39 is 21.6 Å². The summed E-state index contributed by atoms with van der Waals surface area (Å²) < 4.78 is 32.1. The van der Waals surface area contributed by atoms with Crippen LogP contribution in [0.2, 0.25) is 0 Å². The number of para-hydroxylation sites is 1. The number of carbonyl (C=O) groups is 1. The van der Waals surface area contributed by atoms with Gasteiger partial charge < -0.3 is 4.42 Å². The Morgan fingerprint density at radius 1 is 1.20 bits per heavy atom. The zero-order valence-electron chi connectivity index (χ0n) is 16.1. The van der Waals surface area contributed by atoms with E-state index in [-0.39, 0.29) is 15.6 Å². The maximum Gasteiger partial charge on any atom is 0.349 e. The number of thiazole rings is 1. The molecule has 0 aliphatic heterocycles. The van der Waals surface area contributed by atoms with Gasteiger partial charge in [-0.05, 0) is 30.3 Å². The van der Waals surface area contributed by atoms with Gasteiger partial charge in [-0.2, -0.15) is 0 Å². The molecule has 2 aromatic heterocycles. The highest BCUT2D eigenvalue weighted by Gasteiger charge is 2.21. The molecule has 2 aromatic carbocycles. The Morgan fingerprint density at radius 3 is 2.73 bits per heavy atom. The number of anilines is 1. The Kier molecular flexibility index (Phi) is 5.14. The van der Waals surface area contributed by atoms with Crippen molar-refractivity contribution in [3.63, 3.8) is 0 Å². The third kappa shape index (κ3) is 3.60. The van der Waals surface area contributed by atoms with Crippen LogP contribution in [0.15, 0.2) is 62.6 Å². The lowest BCUT2D eigenvalue weighted by atomic mass is 10.2. The van der Waals surface area contributed by atoms with Gasteiger partial charge in [-0.3, -0.25) is 10.1 Å². The average Bonchev–Trinajstić information content (AvgIpc) is 3.13. The SMILES string of the molecule is CCN(C)S(=O)(=O)c1ccc2nc(NC(=O)c3cc4ccccc4oc3=O)sc2c1. The van der Waals surface area contributed by atoms with Crippen molar-refractivity contribution in [2.75, 3.05) is 18.9 Å². The number of aromatic nitrogens is 1. The first-order valence-electron chi connectivity index (χ1n) is 9.01. The van der Waals surface area contributed by atoms with E-state index in [9.17, 15) is 18.0 Å².